The monoisotopic (exact) mass is 264 g/mol. The number of nitro groups is 1. The lowest BCUT2D eigenvalue weighted by Gasteiger charge is -2.05. The standard InChI is InChI=1S/C11H9ClN4O2/c12-11-14-7-9(16(17)18)10(15-11)13-6-8-4-2-1-3-5-8/h1-5,7H,6H2,(H,13,14,15). The SMILES string of the molecule is O=[N+]([O-])c1cnc(Cl)nc1NCc1ccccc1. The molecule has 0 saturated carbocycles. The molecule has 0 aliphatic carbocycles. The number of nitrogens with zero attached hydrogens (tertiary/aromatic N) is 3. The molecule has 1 aromatic carbocycles. The fourth-order valence-corrected chi connectivity index (χ4v) is 1.53. The van der Waals surface area contributed by atoms with Crippen molar-refractivity contribution in [2.45, 2.75) is 6.54 Å². The Hall–Kier alpha value is -2.21. The van der Waals surface area contributed by atoms with E-state index in [1.54, 1.807) is 0 Å². The van der Waals surface area contributed by atoms with Gasteiger partial charge in [-0.25, -0.2) is 4.98 Å². The van der Waals surface area contributed by atoms with Crippen LogP contribution in [0.5, 0.6) is 0 Å². The van der Waals surface area contributed by atoms with Gasteiger partial charge in [-0.2, -0.15) is 4.98 Å². The van der Waals surface area contributed by atoms with E-state index in [2.05, 4.69) is 15.3 Å². The van der Waals surface area contributed by atoms with Crippen LogP contribution in [0.2, 0.25) is 5.28 Å². The van der Waals surface area contributed by atoms with Crippen molar-refractivity contribution in [3.8, 4) is 0 Å². The fourth-order valence-electron chi connectivity index (χ4n) is 1.40. The topological polar surface area (TPSA) is 81.0 Å². The molecule has 6 nitrogen and oxygen atoms in total. The Morgan fingerprint density at radius 1 is 1.33 bits per heavy atom. The smallest absolute Gasteiger partial charge is 0.329 e. The van der Waals surface area contributed by atoms with Crippen LogP contribution in [0.25, 0.3) is 0 Å². The highest BCUT2D eigenvalue weighted by Gasteiger charge is 2.16. The van der Waals surface area contributed by atoms with Crippen molar-refractivity contribution >= 4 is 23.1 Å². The summed E-state index contributed by atoms with van der Waals surface area (Å²) in [6.45, 7) is 0.426. The first-order chi connectivity index (χ1) is 8.66. The van der Waals surface area contributed by atoms with E-state index in [4.69, 9.17) is 11.6 Å². The second kappa shape index (κ2) is 5.42. The third-order valence-corrected chi connectivity index (χ3v) is 2.42. The number of nitrogens with one attached hydrogen (secondary N) is 1. The number of benzene rings is 1. The normalized spacial score (nSPS) is 10.1. The number of rotatable bonds is 4. The van der Waals surface area contributed by atoms with Gasteiger partial charge in [0.1, 0.15) is 6.20 Å². The van der Waals surface area contributed by atoms with E-state index >= 15 is 0 Å². The van der Waals surface area contributed by atoms with Crippen molar-refractivity contribution in [2.24, 2.45) is 0 Å². The van der Waals surface area contributed by atoms with Gasteiger partial charge in [0.2, 0.25) is 11.1 Å². The van der Waals surface area contributed by atoms with Crippen molar-refractivity contribution in [1.29, 1.82) is 0 Å². The molecule has 0 radical (unpaired) electrons. The number of hydrogen-bond donors (Lipinski definition) is 1. The third kappa shape index (κ3) is 2.92. The minimum atomic E-state index is -0.552. The Bertz CT molecular complexity index is 562. The van der Waals surface area contributed by atoms with Crippen LogP contribution >= 0.6 is 11.6 Å². The molecule has 2 aromatic rings. The van der Waals surface area contributed by atoms with E-state index < -0.39 is 4.92 Å². The van der Waals surface area contributed by atoms with Gasteiger partial charge in [-0.05, 0) is 17.2 Å². The van der Waals surface area contributed by atoms with E-state index in [0.29, 0.717) is 6.54 Å². The van der Waals surface area contributed by atoms with Gasteiger partial charge in [0.15, 0.2) is 0 Å². The lowest BCUT2D eigenvalue weighted by atomic mass is 10.2. The average Bonchev–Trinajstić information content (AvgIpc) is 2.37. The summed E-state index contributed by atoms with van der Waals surface area (Å²) in [7, 11) is 0. The molecule has 0 aliphatic rings. The molecule has 0 atom stereocenters. The van der Waals surface area contributed by atoms with Crippen LogP contribution in [0.4, 0.5) is 11.5 Å². The zero-order chi connectivity index (χ0) is 13.0. The van der Waals surface area contributed by atoms with Gasteiger partial charge in [0, 0.05) is 6.54 Å². The van der Waals surface area contributed by atoms with Crippen molar-refractivity contribution in [2.75, 3.05) is 5.32 Å². The van der Waals surface area contributed by atoms with Gasteiger partial charge in [0.05, 0.1) is 4.92 Å². The van der Waals surface area contributed by atoms with Gasteiger partial charge in [-0.15, -0.1) is 0 Å². The van der Waals surface area contributed by atoms with Crippen LogP contribution in [0.15, 0.2) is 36.5 Å². The molecule has 0 spiro atoms. The van der Waals surface area contributed by atoms with Gasteiger partial charge in [-0.1, -0.05) is 30.3 Å². The van der Waals surface area contributed by atoms with E-state index in [1.165, 1.54) is 0 Å². The molecule has 0 bridgehead atoms. The zero-order valence-corrected chi connectivity index (χ0v) is 9.96. The van der Waals surface area contributed by atoms with E-state index in [9.17, 15) is 10.1 Å². The van der Waals surface area contributed by atoms with Crippen LogP contribution < -0.4 is 5.32 Å². The van der Waals surface area contributed by atoms with Crippen molar-refractivity contribution in [3.63, 3.8) is 0 Å². The summed E-state index contributed by atoms with van der Waals surface area (Å²) in [4.78, 5) is 17.6. The number of hydrogen-bond acceptors (Lipinski definition) is 5. The molecule has 0 fully saturated rings. The molecule has 0 saturated heterocycles. The quantitative estimate of drug-likeness (QED) is 0.522. The maximum absolute atomic E-state index is 10.8. The van der Waals surface area contributed by atoms with Crippen LogP contribution in [0.1, 0.15) is 5.56 Å². The van der Waals surface area contributed by atoms with Gasteiger partial charge in [0.25, 0.3) is 0 Å². The fraction of sp³-hybridized carbons (Fsp3) is 0.0909. The number of aromatic nitrogens is 2. The molecular formula is C11H9ClN4O2. The summed E-state index contributed by atoms with van der Waals surface area (Å²) >= 11 is 5.62. The van der Waals surface area contributed by atoms with Gasteiger partial charge in [-0.3, -0.25) is 10.1 Å². The highest BCUT2D eigenvalue weighted by Crippen LogP contribution is 2.22. The summed E-state index contributed by atoms with van der Waals surface area (Å²) in [5.41, 5.74) is 0.789. The van der Waals surface area contributed by atoms with Crippen molar-refractivity contribution in [1.82, 2.24) is 9.97 Å². The largest absolute Gasteiger partial charge is 0.360 e. The Morgan fingerprint density at radius 3 is 2.72 bits per heavy atom. The second-order valence-electron chi connectivity index (χ2n) is 3.47. The first-order valence-corrected chi connectivity index (χ1v) is 5.49. The lowest BCUT2D eigenvalue weighted by molar-refractivity contribution is -0.384. The summed E-state index contributed by atoms with van der Waals surface area (Å²) in [5, 5.41) is 13.6. The minimum absolute atomic E-state index is 0.0313. The molecular weight excluding hydrogens is 256 g/mol. The van der Waals surface area contributed by atoms with Gasteiger partial charge < -0.3 is 5.32 Å². The maximum atomic E-state index is 10.8. The van der Waals surface area contributed by atoms with Crippen LogP contribution in [-0.4, -0.2) is 14.9 Å². The summed E-state index contributed by atoms with van der Waals surface area (Å²) in [6, 6.07) is 9.48. The maximum Gasteiger partial charge on any atom is 0.329 e. The van der Waals surface area contributed by atoms with E-state index in [-0.39, 0.29) is 16.8 Å². The Kier molecular flexibility index (Phi) is 3.69. The second-order valence-corrected chi connectivity index (χ2v) is 3.81. The summed E-state index contributed by atoms with van der Waals surface area (Å²) in [6.07, 6.45) is 1.09. The molecule has 18 heavy (non-hydrogen) atoms. The first kappa shape index (κ1) is 12.3. The van der Waals surface area contributed by atoms with Crippen molar-refractivity contribution in [3.05, 3.63) is 57.5 Å². The Morgan fingerprint density at radius 2 is 2.06 bits per heavy atom. The molecule has 0 amide bonds. The van der Waals surface area contributed by atoms with Crippen LogP contribution in [0, 0.1) is 10.1 Å². The molecule has 1 N–H and O–H groups in total. The van der Waals surface area contributed by atoms with Crippen molar-refractivity contribution < 1.29 is 4.92 Å². The molecule has 1 heterocycles. The first-order valence-electron chi connectivity index (χ1n) is 5.11. The molecule has 7 heteroatoms. The Labute approximate surface area is 108 Å². The lowest BCUT2D eigenvalue weighted by Crippen LogP contribution is -2.05. The van der Waals surface area contributed by atoms with E-state index in [0.717, 1.165) is 11.8 Å². The Balaban J connectivity index is 2.18. The highest BCUT2D eigenvalue weighted by atomic mass is 35.5. The summed E-state index contributed by atoms with van der Waals surface area (Å²) < 4.78 is 0. The van der Waals surface area contributed by atoms with Crippen LogP contribution in [0.3, 0.4) is 0 Å². The zero-order valence-electron chi connectivity index (χ0n) is 9.21. The molecule has 1 aromatic heterocycles. The summed E-state index contributed by atoms with van der Waals surface area (Å²) in [5.74, 6) is 0.115. The number of halogens is 1. The molecule has 0 aliphatic heterocycles. The van der Waals surface area contributed by atoms with Crippen LogP contribution in [-0.2, 0) is 6.54 Å². The minimum Gasteiger partial charge on any atom is -0.360 e. The average molecular weight is 265 g/mol. The highest BCUT2D eigenvalue weighted by molar-refractivity contribution is 6.28. The number of anilines is 1. The predicted molar refractivity (Wildman–Crippen MR) is 67.5 cm³/mol. The molecule has 2 rings (SSSR count). The molecule has 92 valence electrons. The van der Waals surface area contributed by atoms with Gasteiger partial charge >= 0.3 is 5.69 Å². The predicted octanol–water partition coefficient (Wildman–Crippen LogP) is 2.65. The third-order valence-electron chi connectivity index (χ3n) is 2.24. The molecule has 0 unspecified atom stereocenters. The van der Waals surface area contributed by atoms with E-state index in [1.807, 2.05) is 30.3 Å².